The molecule has 2 aromatic carbocycles. The van der Waals surface area contributed by atoms with Gasteiger partial charge in [0, 0.05) is 23.3 Å². The minimum Gasteiger partial charge on any atom is -0.391 e. The predicted molar refractivity (Wildman–Crippen MR) is 79.9 cm³/mol. The van der Waals surface area contributed by atoms with Crippen molar-refractivity contribution in [1.82, 2.24) is 5.16 Å². The Labute approximate surface area is 134 Å². The molecule has 6 nitrogen and oxygen atoms in total. The molecule has 0 saturated heterocycles. The Morgan fingerprint density at radius 3 is 2.58 bits per heavy atom. The summed E-state index contributed by atoms with van der Waals surface area (Å²) in [5, 5.41) is 24.3. The number of non-ortho nitro benzene ring substituents is 1. The highest BCUT2D eigenvalue weighted by Gasteiger charge is 2.20. The normalized spacial score (nSPS) is 10.8. The first-order valence-electron chi connectivity index (χ1n) is 6.81. The number of nitrogens with zero attached hydrogens (tertiary/aromatic N) is 2. The second-order valence-electron chi connectivity index (χ2n) is 4.93. The van der Waals surface area contributed by atoms with Crippen LogP contribution in [-0.4, -0.2) is 15.2 Å². The minimum atomic E-state index is -1.07. The van der Waals surface area contributed by atoms with Crippen LogP contribution in [0, 0.1) is 21.7 Å². The molecule has 0 aliphatic rings. The molecule has 8 heteroatoms. The first-order chi connectivity index (χ1) is 11.5. The van der Waals surface area contributed by atoms with Gasteiger partial charge in [-0.05, 0) is 18.2 Å². The standard InChI is InChI=1S/C16H10F2N2O4/c17-13-5-4-10(7-14(13)18)16-12(8-21)15(19-24-16)9-2-1-3-11(6-9)20(22)23/h1-7,21H,8H2. The third-order valence-corrected chi connectivity index (χ3v) is 3.46. The molecule has 0 atom stereocenters. The molecule has 3 rings (SSSR count). The summed E-state index contributed by atoms with van der Waals surface area (Å²) in [4.78, 5) is 10.3. The molecular formula is C16H10F2N2O4. The van der Waals surface area contributed by atoms with E-state index < -0.39 is 23.2 Å². The van der Waals surface area contributed by atoms with Crippen molar-refractivity contribution in [3.05, 3.63) is 69.8 Å². The van der Waals surface area contributed by atoms with Crippen molar-refractivity contribution in [3.8, 4) is 22.6 Å². The number of aromatic nitrogens is 1. The molecule has 1 heterocycles. The predicted octanol–water partition coefficient (Wildman–Crippen LogP) is 3.69. The van der Waals surface area contributed by atoms with Gasteiger partial charge in [0.15, 0.2) is 17.4 Å². The number of rotatable bonds is 4. The highest BCUT2D eigenvalue weighted by atomic mass is 19.2. The molecule has 24 heavy (non-hydrogen) atoms. The van der Waals surface area contributed by atoms with Crippen molar-refractivity contribution in [2.75, 3.05) is 0 Å². The summed E-state index contributed by atoms with van der Waals surface area (Å²) in [6, 6.07) is 8.78. The number of hydrogen-bond donors (Lipinski definition) is 1. The maximum Gasteiger partial charge on any atom is 0.270 e. The largest absolute Gasteiger partial charge is 0.391 e. The van der Waals surface area contributed by atoms with Crippen LogP contribution in [0.25, 0.3) is 22.6 Å². The van der Waals surface area contributed by atoms with Crippen molar-refractivity contribution in [1.29, 1.82) is 0 Å². The van der Waals surface area contributed by atoms with E-state index in [1.54, 1.807) is 6.07 Å². The second-order valence-corrected chi connectivity index (χ2v) is 4.93. The fourth-order valence-corrected chi connectivity index (χ4v) is 2.31. The maximum atomic E-state index is 13.4. The van der Waals surface area contributed by atoms with Gasteiger partial charge in [0.1, 0.15) is 5.69 Å². The zero-order valence-corrected chi connectivity index (χ0v) is 12.1. The van der Waals surface area contributed by atoms with Gasteiger partial charge >= 0.3 is 0 Å². The number of aliphatic hydroxyl groups excluding tert-OH is 1. The van der Waals surface area contributed by atoms with Crippen LogP contribution < -0.4 is 0 Å². The van der Waals surface area contributed by atoms with Crippen molar-refractivity contribution >= 4 is 5.69 Å². The van der Waals surface area contributed by atoms with Crippen LogP contribution in [-0.2, 0) is 6.61 Å². The molecule has 0 radical (unpaired) electrons. The lowest BCUT2D eigenvalue weighted by Crippen LogP contribution is -1.92. The topological polar surface area (TPSA) is 89.4 Å². The fourth-order valence-electron chi connectivity index (χ4n) is 2.31. The van der Waals surface area contributed by atoms with Crippen molar-refractivity contribution < 1.29 is 23.3 Å². The van der Waals surface area contributed by atoms with Crippen molar-refractivity contribution in [2.45, 2.75) is 6.61 Å². The molecule has 0 aliphatic heterocycles. The summed E-state index contributed by atoms with van der Waals surface area (Å²) in [7, 11) is 0. The maximum absolute atomic E-state index is 13.4. The van der Waals surface area contributed by atoms with E-state index in [1.807, 2.05) is 0 Å². The quantitative estimate of drug-likeness (QED) is 0.581. The Bertz CT molecular complexity index is 924. The van der Waals surface area contributed by atoms with Gasteiger partial charge < -0.3 is 9.63 Å². The van der Waals surface area contributed by atoms with E-state index in [1.165, 1.54) is 24.3 Å². The molecule has 1 N–H and O–H groups in total. The summed E-state index contributed by atoms with van der Waals surface area (Å²) in [5.74, 6) is -2.01. The lowest BCUT2D eigenvalue weighted by Gasteiger charge is -2.02. The molecule has 1 aromatic heterocycles. The van der Waals surface area contributed by atoms with Gasteiger partial charge in [-0.25, -0.2) is 8.78 Å². The molecule has 0 spiro atoms. The van der Waals surface area contributed by atoms with Gasteiger partial charge in [-0.2, -0.15) is 0 Å². The Hall–Kier alpha value is -3.13. The van der Waals surface area contributed by atoms with Crippen LogP contribution in [0.4, 0.5) is 14.5 Å². The SMILES string of the molecule is O=[N+]([O-])c1cccc(-c2noc(-c3ccc(F)c(F)c3)c2CO)c1. The van der Waals surface area contributed by atoms with Crippen LogP contribution in [0.3, 0.4) is 0 Å². The van der Waals surface area contributed by atoms with E-state index in [4.69, 9.17) is 4.52 Å². The third-order valence-electron chi connectivity index (χ3n) is 3.46. The van der Waals surface area contributed by atoms with E-state index in [9.17, 15) is 24.0 Å². The number of benzene rings is 2. The molecular weight excluding hydrogens is 322 g/mol. The van der Waals surface area contributed by atoms with E-state index in [0.29, 0.717) is 5.56 Å². The molecule has 0 bridgehead atoms. The van der Waals surface area contributed by atoms with Gasteiger partial charge in [-0.1, -0.05) is 17.3 Å². The average molecular weight is 332 g/mol. The first kappa shape index (κ1) is 15.8. The molecule has 0 unspecified atom stereocenters. The molecule has 0 fully saturated rings. The number of hydrogen-bond acceptors (Lipinski definition) is 5. The second kappa shape index (κ2) is 6.17. The number of nitro benzene ring substituents is 1. The highest BCUT2D eigenvalue weighted by Crippen LogP contribution is 2.34. The van der Waals surface area contributed by atoms with Crippen molar-refractivity contribution in [3.63, 3.8) is 0 Å². The third kappa shape index (κ3) is 2.74. The lowest BCUT2D eigenvalue weighted by molar-refractivity contribution is -0.384. The number of halogens is 2. The van der Waals surface area contributed by atoms with E-state index in [2.05, 4.69) is 5.16 Å². The molecule has 0 amide bonds. The van der Waals surface area contributed by atoms with Gasteiger partial charge in [0.25, 0.3) is 5.69 Å². The summed E-state index contributed by atoms with van der Waals surface area (Å²) < 4.78 is 31.6. The van der Waals surface area contributed by atoms with Gasteiger partial charge in [-0.3, -0.25) is 10.1 Å². The monoisotopic (exact) mass is 332 g/mol. The molecule has 0 saturated carbocycles. The molecule has 122 valence electrons. The zero-order valence-electron chi connectivity index (χ0n) is 12.1. The molecule has 3 aromatic rings. The molecule has 0 aliphatic carbocycles. The van der Waals surface area contributed by atoms with Crippen LogP contribution in [0.15, 0.2) is 47.0 Å². The van der Waals surface area contributed by atoms with Gasteiger partial charge in [0.2, 0.25) is 0 Å². The van der Waals surface area contributed by atoms with Crippen LogP contribution >= 0.6 is 0 Å². The van der Waals surface area contributed by atoms with E-state index in [0.717, 1.165) is 12.1 Å². The summed E-state index contributed by atoms with van der Waals surface area (Å²) in [5.41, 5.74) is 0.837. The Morgan fingerprint density at radius 2 is 1.92 bits per heavy atom. The fraction of sp³-hybridized carbons (Fsp3) is 0.0625. The summed E-state index contributed by atoms with van der Waals surface area (Å²) >= 11 is 0. The smallest absolute Gasteiger partial charge is 0.270 e. The first-order valence-corrected chi connectivity index (χ1v) is 6.81. The number of nitro groups is 1. The Balaban J connectivity index is 2.11. The minimum absolute atomic E-state index is 0.0675. The summed E-state index contributed by atoms with van der Waals surface area (Å²) in [6.07, 6.45) is 0. The van der Waals surface area contributed by atoms with Crippen molar-refractivity contribution in [2.24, 2.45) is 0 Å². The Morgan fingerprint density at radius 1 is 1.12 bits per heavy atom. The van der Waals surface area contributed by atoms with E-state index >= 15 is 0 Å². The average Bonchev–Trinajstić information content (AvgIpc) is 3.01. The summed E-state index contributed by atoms with van der Waals surface area (Å²) in [6.45, 7) is -0.490. The zero-order chi connectivity index (χ0) is 17.3. The van der Waals surface area contributed by atoms with Crippen LogP contribution in [0.5, 0.6) is 0 Å². The van der Waals surface area contributed by atoms with Gasteiger partial charge in [0.05, 0.1) is 17.1 Å². The Kier molecular flexibility index (Phi) is 4.05. The van der Waals surface area contributed by atoms with Gasteiger partial charge in [-0.15, -0.1) is 0 Å². The van der Waals surface area contributed by atoms with Crippen LogP contribution in [0.1, 0.15) is 5.56 Å². The highest BCUT2D eigenvalue weighted by molar-refractivity contribution is 5.73. The van der Waals surface area contributed by atoms with E-state index in [-0.39, 0.29) is 28.3 Å². The van der Waals surface area contributed by atoms with Crippen LogP contribution in [0.2, 0.25) is 0 Å². The lowest BCUT2D eigenvalue weighted by atomic mass is 10.0. The number of aliphatic hydroxyl groups is 1.